The molecule has 1 saturated carbocycles. The number of carbonyl (C=O) groups excluding carboxylic acids is 1. The normalized spacial score (nSPS) is 17.8. The lowest BCUT2D eigenvalue weighted by Crippen LogP contribution is -2.26. The van der Waals surface area contributed by atoms with Gasteiger partial charge >= 0.3 is 0 Å². The summed E-state index contributed by atoms with van der Waals surface area (Å²) < 4.78 is 16.0. The number of nitrogens with zero attached hydrogens (tertiary/aromatic N) is 1. The summed E-state index contributed by atoms with van der Waals surface area (Å²) in [4.78, 5) is 12.5. The number of rotatable bonds is 7. The van der Waals surface area contributed by atoms with E-state index in [-0.39, 0.29) is 17.6 Å². The third-order valence-corrected chi connectivity index (χ3v) is 4.82. The average Bonchev–Trinajstić information content (AvgIpc) is 3.31. The molecule has 1 fully saturated rings. The van der Waals surface area contributed by atoms with Crippen molar-refractivity contribution in [3.63, 3.8) is 0 Å². The van der Waals surface area contributed by atoms with Crippen molar-refractivity contribution in [3.8, 4) is 22.8 Å². The highest BCUT2D eigenvalue weighted by molar-refractivity contribution is 5.93. The zero-order valence-electron chi connectivity index (χ0n) is 15.8. The topological polar surface area (TPSA) is 73.6 Å². The molecule has 0 bridgehead atoms. The van der Waals surface area contributed by atoms with Gasteiger partial charge in [0.25, 0.3) is 5.91 Å². The number of carbonyl (C=O) groups is 1. The second-order valence-corrected chi connectivity index (χ2v) is 6.73. The van der Waals surface area contributed by atoms with Gasteiger partial charge in [-0.25, -0.2) is 0 Å². The van der Waals surface area contributed by atoms with Gasteiger partial charge in [0.1, 0.15) is 11.5 Å². The van der Waals surface area contributed by atoms with E-state index in [4.69, 9.17) is 14.0 Å². The highest BCUT2D eigenvalue weighted by Gasteiger charge is 2.40. The molecule has 144 valence electrons. The van der Waals surface area contributed by atoms with Crippen molar-refractivity contribution in [3.05, 3.63) is 65.9 Å². The van der Waals surface area contributed by atoms with Crippen molar-refractivity contribution >= 4 is 5.91 Å². The summed E-state index contributed by atoms with van der Waals surface area (Å²) in [5, 5.41) is 6.94. The molecule has 0 aliphatic heterocycles. The number of nitrogens with one attached hydrogen (secondary N) is 1. The molecule has 0 spiro atoms. The van der Waals surface area contributed by atoms with E-state index in [1.54, 1.807) is 13.2 Å². The van der Waals surface area contributed by atoms with Gasteiger partial charge in [-0.3, -0.25) is 4.79 Å². The molecular weight excluding hydrogens is 356 g/mol. The predicted octanol–water partition coefficient (Wildman–Crippen LogP) is 4.03. The van der Waals surface area contributed by atoms with Crippen molar-refractivity contribution in [2.75, 3.05) is 13.7 Å². The van der Waals surface area contributed by atoms with E-state index in [0.29, 0.717) is 18.3 Å². The summed E-state index contributed by atoms with van der Waals surface area (Å²) >= 11 is 0. The fourth-order valence-electron chi connectivity index (χ4n) is 3.24. The molecule has 1 heterocycles. The number of amides is 1. The first kappa shape index (κ1) is 18.1. The molecular formula is C22H22N2O4. The third-order valence-electron chi connectivity index (χ3n) is 4.82. The molecule has 1 N–H and O–H groups in total. The molecule has 1 aromatic heterocycles. The summed E-state index contributed by atoms with van der Waals surface area (Å²) in [5.74, 6) is 2.24. The monoisotopic (exact) mass is 378 g/mol. The van der Waals surface area contributed by atoms with E-state index in [1.807, 2.05) is 49.4 Å². The molecule has 2 atom stereocenters. The molecule has 28 heavy (non-hydrogen) atoms. The minimum Gasteiger partial charge on any atom is -0.497 e. The van der Waals surface area contributed by atoms with Crippen LogP contribution in [0.4, 0.5) is 0 Å². The quantitative estimate of drug-likeness (QED) is 0.672. The Kier molecular flexibility index (Phi) is 5.02. The van der Waals surface area contributed by atoms with Crippen LogP contribution in [0.3, 0.4) is 0 Å². The standard InChI is InChI=1S/C22H22N2O4/c1-3-27-17-6-4-5-15(11-17)18-12-19(18)23-22(25)20-13-21(28-24-20)14-7-9-16(26-2)10-8-14/h4-11,13,18-19H,3,12H2,1-2H3,(H,23,25)/t18-,19+/m1/s1. The van der Waals surface area contributed by atoms with E-state index in [9.17, 15) is 4.79 Å². The molecule has 2 aromatic carbocycles. The van der Waals surface area contributed by atoms with Gasteiger partial charge in [-0.1, -0.05) is 17.3 Å². The summed E-state index contributed by atoms with van der Waals surface area (Å²) in [7, 11) is 1.62. The third kappa shape index (κ3) is 3.86. The predicted molar refractivity (Wildman–Crippen MR) is 105 cm³/mol. The van der Waals surface area contributed by atoms with Crippen molar-refractivity contribution in [1.82, 2.24) is 10.5 Å². The van der Waals surface area contributed by atoms with E-state index < -0.39 is 0 Å². The second kappa shape index (κ2) is 7.76. The smallest absolute Gasteiger partial charge is 0.273 e. The van der Waals surface area contributed by atoms with Crippen LogP contribution < -0.4 is 14.8 Å². The summed E-state index contributed by atoms with van der Waals surface area (Å²) in [6.45, 7) is 2.60. The lowest BCUT2D eigenvalue weighted by Gasteiger charge is -2.06. The Morgan fingerprint density at radius 1 is 1.18 bits per heavy atom. The summed E-state index contributed by atoms with van der Waals surface area (Å²) in [6.07, 6.45) is 0.907. The Labute approximate surface area is 163 Å². The molecule has 3 aromatic rings. The summed E-state index contributed by atoms with van der Waals surface area (Å²) in [6, 6.07) is 17.2. The SMILES string of the molecule is CCOc1cccc([C@H]2C[C@@H]2NC(=O)c2cc(-c3ccc(OC)cc3)on2)c1. The average molecular weight is 378 g/mol. The first-order chi connectivity index (χ1) is 13.7. The van der Waals surface area contributed by atoms with Gasteiger partial charge < -0.3 is 19.3 Å². The van der Waals surface area contributed by atoms with Crippen LogP contribution in [0.1, 0.15) is 35.3 Å². The molecule has 0 radical (unpaired) electrons. The van der Waals surface area contributed by atoms with Crippen molar-refractivity contribution in [2.24, 2.45) is 0 Å². The van der Waals surface area contributed by atoms with Crippen LogP contribution in [0.25, 0.3) is 11.3 Å². The van der Waals surface area contributed by atoms with Crippen LogP contribution in [-0.2, 0) is 0 Å². The van der Waals surface area contributed by atoms with E-state index in [1.165, 1.54) is 5.56 Å². The Bertz CT molecular complexity index is 965. The van der Waals surface area contributed by atoms with Crippen LogP contribution in [0.15, 0.2) is 59.1 Å². The minimum atomic E-state index is -0.225. The second-order valence-electron chi connectivity index (χ2n) is 6.73. The fourth-order valence-corrected chi connectivity index (χ4v) is 3.24. The van der Waals surface area contributed by atoms with Crippen molar-refractivity contribution in [2.45, 2.75) is 25.3 Å². The molecule has 1 aliphatic rings. The molecule has 0 saturated heterocycles. The number of benzene rings is 2. The molecule has 6 nitrogen and oxygen atoms in total. The Morgan fingerprint density at radius 2 is 2.00 bits per heavy atom. The maximum Gasteiger partial charge on any atom is 0.273 e. The van der Waals surface area contributed by atoms with Gasteiger partial charge in [0.05, 0.1) is 13.7 Å². The molecule has 1 aliphatic carbocycles. The largest absolute Gasteiger partial charge is 0.497 e. The lowest BCUT2D eigenvalue weighted by molar-refractivity contribution is 0.0941. The van der Waals surface area contributed by atoms with Crippen molar-refractivity contribution in [1.29, 1.82) is 0 Å². The first-order valence-electron chi connectivity index (χ1n) is 9.32. The van der Waals surface area contributed by atoms with Crippen molar-refractivity contribution < 1.29 is 18.8 Å². The van der Waals surface area contributed by atoms with Gasteiger partial charge in [-0.05, 0) is 55.3 Å². The minimum absolute atomic E-state index is 0.102. The number of hydrogen-bond donors (Lipinski definition) is 1. The zero-order valence-corrected chi connectivity index (χ0v) is 15.8. The van der Waals surface area contributed by atoms with Gasteiger partial charge in [0, 0.05) is 23.6 Å². The van der Waals surface area contributed by atoms with Crippen LogP contribution in [0.2, 0.25) is 0 Å². The van der Waals surface area contributed by atoms with E-state index in [0.717, 1.165) is 23.5 Å². The Hall–Kier alpha value is -3.28. The van der Waals surface area contributed by atoms with Crippen LogP contribution in [0, 0.1) is 0 Å². The number of ether oxygens (including phenoxy) is 2. The maximum absolute atomic E-state index is 12.5. The molecule has 6 heteroatoms. The highest BCUT2D eigenvalue weighted by atomic mass is 16.5. The van der Waals surface area contributed by atoms with E-state index in [2.05, 4.69) is 16.5 Å². The fraction of sp³-hybridized carbons (Fsp3) is 0.273. The highest BCUT2D eigenvalue weighted by Crippen LogP contribution is 2.42. The van der Waals surface area contributed by atoms with Gasteiger partial charge in [-0.2, -0.15) is 0 Å². The van der Waals surface area contributed by atoms with E-state index >= 15 is 0 Å². The summed E-state index contributed by atoms with van der Waals surface area (Å²) in [5.41, 5.74) is 2.29. The van der Waals surface area contributed by atoms with Crippen LogP contribution in [0.5, 0.6) is 11.5 Å². The van der Waals surface area contributed by atoms with Gasteiger partial charge in [0.2, 0.25) is 0 Å². The number of methoxy groups -OCH3 is 1. The maximum atomic E-state index is 12.5. The van der Waals surface area contributed by atoms with Crippen LogP contribution in [-0.4, -0.2) is 30.8 Å². The lowest BCUT2D eigenvalue weighted by atomic mass is 10.1. The Morgan fingerprint density at radius 3 is 2.75 bits per heavy atom. The molecule has 0 unspecified atom stereocenters. The Balaban J connectivity index is 1.38. The number of aromatic nitrogens is 1. The number of hydrogen-bond acceptors (Lipinski definition) is 5. The zero-order chi connectivity index (χ0) is 19.5. The molecule has 1 amide bonds. The van der Waals surface area contributed by atoms with Gasteiger partial charge in [0.15, 0.2) is 11.5 Å². The van der Waals surface area contributed by atoms with Gasteiger partial charge in [-0.15, -0.1) is 0 Å². The first-order valence-corrected chi connectivity index (χ1v) is 9.32. The van der Waals surface area contributed by atoms with Crippen LogP contribution >= 0.6 is 0 Å². The molecule has 4 rings (SSSR count).